The second-order valence-corrected chi connectivity index (χ2v) is 9.93. The summed E-state index contributed by atoms with van der Waals surface area (Å²) in [6, 6.07) is 4.26. The Labute approximate surface area is 231 Å². The van der Waals surface area contributed by atoms with E-state index < -0.39 is 17.8 Å². The molecule has 40 heavy (non-hydrogen) atoms. The lowest BCUT2D eigenvalue weighted by molar-refractivity contribution is 0.0695. The molecule has 2 aliphatic rings. The van der Waals surface area contributed by atoms with Gasteiger partial charge in [0.15, 0.2) is 0 Å². The van der Waals surface area contributed by atoms with Gasteiger partial charge in [-0.25, -0.2) is 4.79 Å². The monoisotopic (exact) mass is 551 g/mol. The summed E-state index contributed by atoms with van der Waals surface area (Å²) < 4.78 is 10.7. The van der Waals surface area contributed by atoms with Gasteiger partial charge in [-0.05, 0) is 49.7 Å². The van der Waals surface area contributed by atoms with E-state index in [0.29, 0.717) is 0 Å². The average molecular weight is 552 g/mol. The topological polar surface area (TPSA) is 182 Å². The number of ether oxygens (including phenoxy) is 2. The predicted molar refractivity (Wildman–Crippen MR) is 144 cm³/mol. The number of nitrogens with one attached hydrogen (secondary N) is 3. The molecule has 12 nitrogen and oxygen atoms in total. The number of benzene rings is 1. The van der Waals surface area contributed by atoms with Crippen molar-refractivity contribution in [2.24, 2.45) is 11.1 Å². The fourth-order valence-corrected chi connectivity index (χ4v) is 5.02. The van der Waals surface area contributed by atoms with Crippen LogP contribution < -0.4 is 31.2 Å². The third-order valence-electron chi connectivity index (χ3n) is 7.48. The number of carbonyl (C=O) groups excluding carboxylic acids is 3. The molecule has 3 amide bonds. The van der Waals surface area contributed by atoms with E-state index in [0.717, 1.165) is 37.7 Å². The Bertz CT molecular complexity index is 1350. The number of carboxylic acid groups (broad SMARTS) is 1. The highest BCUT2D eigenvalue weighted by molar-refractivity contribution is 6.03. The summed E-state index contributed by atoms with van der Waals surface area (Å²) in [4.78, 5) is 53.3. The van der Waals surface area contributed by atoms with Gasteiger partial charge in [0.2, 0.25) is 0 Å². The lowest BCUT2D eigenvalue weighted by Crippen LogP contribution is -2.31. The molecule has 1 aromatic carbocycles. The predicted octanol–water partition coefficient (Wildman–Crippen LogP) is 1.86. The summed E-state index contributed by atoms with van der Waals surface area (Å²) in [7, 11) is 2.86. The number of hydrogen-bond acceptors (Lipinski definition) is 8. The Morgan fingerprint density at radius 1 is 1.00 bits per heavy atom. The highest BCUT2D eigenvalue weighted by Gasteiger charge is 2.55. The molecule has 0 saturated heterocycles. The molecule has 1 spiro atoms. The van der Waals surface area contributed by atoms with Gasteiger partial charge in [-0.3, -0.25) is 19.4 Å². The number of aromatic carboxylic acids is 1. The maximum atomic E-state index is 13.1. The molecule has 0 radical (unpaired) electrons. The molecule has 212 valence electrons. The first-order chi connectivity index (χ1) is 19.2. The summed E-state index contributed by atoms with van der Waals surface area (Å²) >= 11 is 0. The van der Waals surface area contributed by atoms with Crippen LogP contribution in [0.4, 0.5) is 0 Å². The van der Waals surface area contributed by atoms with Gasteiger partial charge in [-0.15, -0.1) is 0 Å². The van der Waals surface area contributed by atoms with Crippen molar-refractivity contribution in [1.82, 2.24) is 20.9 Å². The summed E-state index contributed by atoms with van der Waals surface area (Å²) in [5.41, 5.74) is 7.11. The summed E-state index contributed by atoms with van der Waals surface area (Å²) in [6.07, 6.45) is 8.33. The minimum Gasteiger partial charge on any atom is -0.496 e. The Morgan fingerprint density at radius 2 is 1.65 bits per heavy atom. The molecule has 6 N–H and O–H groups in total. The third kappa shape index (κ3) is 6.23. The van der Waals surface area contributed by atoms with E-state index in [4.69, 9.17) is 20.3 Å². The molecule has 1 unspecified atom stereocenters. The second kappa shape index (κ2) is 12.2. The molecule has 0 bridgehead atoms. The van der Waals surface area contributed by atoms with Gasteiger partial charge in [0, 0.05) is 43.8 Å². The smallest absolute Gasteiger partial charge is 0.337 e. The molecule has 1 atom stereocenters. The fourth-order valence-electron chi connectivity index (χ4n) is 5.02. The van der Waals surface area contributed by atoms with Crippen LogP contribution in [0.25, 0.3) is 0 Å². The van der Waals surface area contributed by atoms with Gasteiger partial charge in [0.1, 0.15) is 11.5 Å². The molecule has 2 fully saturated rings. The number of aromatic nitrogens is 1. The third-order valence-corrected chi connectivity index (χ3v) is 7.48. The van der Waals surface area contributed by atoms with E-state index in [-0.39, 0.29) is 64.2 Å². The van der Waals surface area contributed by atoms with Crippen molar-refractivity contribution in [3.8, 4) is 11.5 Å². The van der Waals surface area contributed by atoms with E-state index in [2.05, 4.69) is 20.9 Å². The van der Waals surface area contributed by atoms with E-state index in [9.17, 15) is 19.2 Å². The van der Waals surface area contributed by atoms with Crippen molar-refractivity contribution in [2.75, 3.05) is 27.3 Å². The van der Waals surface area contributed by atoms with Gasteiger partial charge in [-0.1, -0.05) is 5.57 Å². The summed E-state index contributed by atoms with van der Waals surface area (Å²) in [5.74, 6) is -1.76. The number of rotatable bonds is 10. The molecule has 2 aromatic rings. The molecule has 1 heterocycles. The molecular weight excluding hydrogens is 518 g/mol. The van der Waals surface area contributed by atoms with Crippen LogP contribution in [-0.4, -0.2) is 67.1 Å². The van der Waals surface area contributed by atoms with Crippen LogP contribution in [0.3, 0.4) is 0 Å². The van der Waals surface area contributed by atoms with Crippen molar-refractivity contribution in [2.45, 2.75) is 38.1 Å². The molecule has 1 aromatic heterocycles. The first-order valence-electron chi connectivity index (χ1n) is 12.9. The summed E-state index contributed by atoms with van der Waals surface area (Å²) in [5, 5.41) is 17.6. The lowest BCUT2D eigenvalue weighted by atomic mass is 9.83. The van der Waals surface area contributed by atoms with Crippen molar-refractivity contribution in [1.29, 1.82) is 0 Å². The van der Waals surface area contributed by atoms with Gasteiger partial charge in [0.25, 0.3) is 17.7 Å². The largest absolute Gasteiger partial charge is 0.496 e. The molecule has 12 heteroatoms. The minimum atomic E-state index is -1.14. The Balaban J connectivity index is 1.35. The molecule has 2 saturated carbocycles. The minimum absolute atomic E-state index is 0.000157. The Hall–Kier alpha value is -4.45. The number of carbonyl (C=O) groups is 4. The van der Waals surface area contributed by atoms with Crippen LogP contribution in [0.5, 0.6) is 11.5 Å². The van der Waals surface area contributed by atoms with Crippen LogP contribution in [0.1, 0.15) is 73.5 Å². The van der Waals surface area contributed by atoms with Crippen molar-refractivity contribution < 1.29 is 33.8 Å². The van der Waals surface area contributed by atoms with Crippen LogP contribution in [-0.2, 0) is 0 Å². The fraction of sp³-hybridized carbons (Fsp3) is 0.393. The normalized spacial score (nSPS) is 19.4. The number of nitrogens with zero attached hydrogens (tertiary/aromatic N) is 1. The Morgan fingerprint density at radius 3 is 2.27 bits per heavy atom. The van der Waals surface area contributed by atoms with Crippen LogP contribution >= 0.6 is 0 Å². The SMILES string of the molecule is COc1cc(OC)c(C(=O)NCCN)cc1C(=O)NC=C1CCC2(CC1)CC2NC(=O)c1cncc(C(=O)O)c1. The lowest BCUT2D eigenvalue weighted by Gasteiger charge is -2.25. The van der Waals surface area contributed by atoms with Gasteiger partial charge in [0.05, 0.1) is 36.5 Å². The zero-order chi connectivity index (χ0) is 28.9. The van der Waals surface area contributed by atoms with Crippen molar-refractivity contribution >= 4 is 23.7 Å². The summed E-state index contributed by atoms with van der Waals surface area (Å²) in [6.45, 7) is 0.556. The standard InChI is InChI=1S/C28H33N5O7/c1-39-21-11-22(40-2)20(10-19(21)25(35)31-8-7-29)26(36)32-13-16-3-5-28(6-4-16)12-23(28)33-24(34)17-9-18(27(37)38)15-30-14-17/h9-11,13-15,23H,3-8,12,29H2,1-2H3,(H,31,35)(H,32,36)(H,33,34)(H,37,38). The maximum absolute atomic E-state index is 13.1. The number of pyridine rings is 1. The van der Waals surface area contributed by atoms with E-state index >= 15 is 0 Å². The molecule has 4 rings (SSSR count). The highest BCUT2D eigenvalue weighted by Crippen LogP contribution is 2.57. The van der Waals surface area contributed by atoms with Crippen LogP contribution in [0, 0.1) is 5.41 Å². The van der Waals surface area contributed by atoms with Gasteiger partial charge >= 0.3 is 5.97 Å². The number of hydrogen-bond donors (Lipinski definition) is 5. The van der Waals surface area contributed by atoms with Crippen molar-refractivity contribution in [3.63, 3.8) is 0 Å². The van der Waals surface area contributed by atoms with Crippen LogP contribution in [0.2, 0.25) is 0 Å². The number of allylic oxidation sites excluding steroid dienone is 1. The van der Waals surface area contributed by atoms with E-state index in [1.807, 2.05) is 0 Å². The zero-order valence-corrected chi connectivity index (χ0v) is 22.4. The number of methoxy groups -OCH3 is 2. The molecule has 2 aliphatic carbocycles. The number of nitrogens with two attached hydrogens (primary N) is 1. The molecule has 0 aliphatic heterocycles. The Kier molecular flexibility index (Phi) is 8.68. The first-order valence-corrected chi connectivity index (χ1v) is 12.9. The highest BCUT2D eigenvalue weighted by atomic mass is 16.5. The average Bonchev–Trinajstić information content (AvgIpc) is 3.64. The number of carboxylic acids is 1. The van der Waals surface area contributed by atoms with Crippen LogP contribution in [0.15, 0.2) is 42.4 Å². The molecular formula is C28H33N5O7. The quantitative estimate of drug-likeness (QED) is 0.294. The van der Waals surface area contributed by atoms with Gasteiger partial charge in [-0.2, -0.15) is 0 Å². The van der Waals surface area contributed by atoms with Crippen molar-refractivity contribution in [3.05, 3.63) is 64.6 Å². The number of amides is 3. The zero-order valence-electron chi connectivity index (χ0n) is 22.4. The van der Waals surface area contributed by atoms with E-state index in [1.54, 1.807) is 6.20 Å². The maximum Gasteiger partial charge on any atom is 0.337 e. The first kappa shape index (κ1) is 28.6. The second-order valence-electron chi connectivity index (χ2n) is 9.93. The van der Waals surface area contributed by atoms with Gasteiger partial charge < -0.3 is 36.3 Å². The van der Waals surface area contributed by atoms with E-state index in [1.165, 1.54) is 44.8 Å².